The van der Waals surface area contributed by atoms with Gasteiger partial charge in [0.15, 0.2) is 0 Å². The molecule has 0 aliphatic rings. The number of benzene rings is 9. The minimum atomic E-state index is -1.43. The van der Waals surface area contributed by atoms with Crippen LogP contribution in [0.15, 0.2) is 182 Å². The summed E-state index contributed by atoms with van der Waals surface area (Å²) < 4.78 is 31.4. The highest BCUT2D eigenvalue weighted by molar-refractivity contribution is 5.68. The molecule has 9 aromatic carbocycles. The molecule has 0 bridgehead atoms. The highest BCUT2D eigenvalue weighted by Gasteiger charge is 2.51. The Labute approximate surface area is 657 Å². The summed E-state index contributed by atoms with van der Waals surface area (Å²) in [5.74, 6) is 0.141. The standard InChI is InChI=1S/C104H138O4/c1-65(2)83-59-86(68(7)8)92(62-89(83)101(105-31,77-47-35-71(36-48-77)95(13,14)15)78-49-37-72(38-50-78)96(16,17)18)104(108-34,93-63-90(84(66(3)4)60-87(93)69(9)10)102(106-32,79-51-39-73(40-52-79)97(19,20)21)80-53-41-74(42-54-80)98(22,23)24)94-64-91(85(67(5)6)61-88(94)70(11)12)103(107-33,81-55-43-75(44-56-81)99(25,26)27)82-57-45-76(46-58-82)100(28,29)30/h35-70H,1-34H3. The van der Waals surface area contributed by atoms with Gasteiger partial charge in [-0.3, -0.25) is 0 Å². The first kappa shape index (κ1) is 84.8. The summed E-state index contributed by atoms with van der Waals surface area (Å²) in [6.45, 7) is 69.8. The zero-order valence-corrected chi connectivity index (χ0v) is 73.4. The Hall–Kier alpha value is -7.18. The summed E-state index contributed by atoms with van der Waals surface area (Å²) in [4.78, 5) is 0. The third-order valence-corrected chi connectivity index (χ3v) is 23.8. The van der Waals surface area contributed by atoms with E-state index in [2.05, 4.69) is 390 Å². The molecule has 578 valence electrons. The van der Waals surface area contributed by atoms with Crippen LogP contribution < -0.4 is 0 Å². The summed E-state index contributed by atoms with van der Waals surface area (Å²) in [5, 5.41) is 0. The van der Waals surface area contributed by atoms with E-state index in [1.54, 1.807) is 0 Å². The predicted octanol–water partition coefficient (Wildman–Crippen LogP) is 28.0. The molecule has 0 fully saturated rings. The second-order valence-corrected chi connectivity index (χ2v) is 39.5. The summed E-state index contributed by atoms with van der Waals surface area (Å²) in [5.41, 5.74) is 21.9. The number of methoxy groups -OCH3 is 4. The lowest BCUT2D eigenvalue weighted by atomic mass is 9.65. The van der Waals surface area contributed by atoms with Gasteiger partial charge >= 0.3 is 0 Å². The van der Waals surface area contributed by atoms with Crippen LogP contribution in [0.4, 0.5) is 0 Å². The van der Waals surface area contributed by atoms with Gasteiger partial charge in [-0.15, -0.1) is 0 Å². The Morgan fingerprint density at radius 1 is 0.167 bits per heavy atom. The van der Waals surface area contributed by atoms with Gasteiger partial charge in [-0.25, -0.2) is 0 Å². The summed E-state index contributed by atoms with van der Waals surface area (Å²) in [6.07, 6.45) is 0. The number of ether oxygens (including phenoxy) is 4. The van der Waals surface area contributed by atoms with Crippen LogP contribution >= 0.6 is 0 Å². The molecule has 0 aromatic heterocycles. The van der Waals surface area contributed by atoms with Crippen LogP contribution in [-0.2, 0) is 73.8 Å². The number of hydrogen-bond acceptors (Lipinski definition) is 4. The molecule has 4 nitrogen and oxygen atoms in total. The van der Waals surface area contributed by atoms with Crippen molar-refractivity contribution in [3.8, 4) is 0 Å². The van der Waals surface area contributed by atoms with Gasteiger partial charge < -0.3 is 18.9 Å². The molecule has 0 spiro atoms. The summed E-state index contributed by atoms with van der Waals surface area (Å²) >= 11 is 0. The first-order chi connectivity index (χ1) is 50.1. The molecule has 0 radical (unpaired) electrons. The molecule has 4 heteroatoms. The first-order valence-electron chi connectivity index (χ1n) is 40.5. The van der Waals surface area contributed by atoms with E-state index in [0.29, 0.717) is 0 Å². The van der Waals surface area contributed by atoms with Gasteiger partial charge in [0.2, 0.25) is 0 Å². The largest absolute Gasteiger partial charge is 0.364 e. The SMILES string of the molecule is COC(c1ccc(C(C)(C)C)cc1)(c1ccc(C(C)(C)C)cc1)c1cc(C(OC)(c2cc(C(OC)(c3ccc(C(C)(C)C)cc3)c3ccc(C(C)(C)C)cc3)c(C(C)C)cc2C(C)C)c2cc(C(OC)(c3ccc(C(C)(C)C)cc3)c3ccc(C(C)(C)C)cc3)c(C(C)C)cc2C(C)C)c(C(C)C)cc1C(C)C. The van der Waals surface area contributed by atoms with Crippen LogP contribution in [0.1, 0.15) is 377 Å². The van der Waals surface area contributed by atoms with Crippen molar-refractivity contribution in [3.05, 3.63) is 316 Å². The fourth-order valence-corrected chi connectivity index (χ4v) is 17.1. The van der Waals surface area contributed by atoms with Gasteiger partial charge in [0.05, 0.1) is 0 Å². The molecule has 0 amide bonds. The number of rotatable bonds is 22. The van der Waals surface area contributed by atoms with E-state index < -0.39 is 22.4 Å². The summed E-state index contributed by atoms with van der Waals surface area (Å²) in [7, 11) is 7.79. The van der Waals surface area contributed by atoms with Gasteiger partial charge in [0, 0.05) is 28.4 Å². The second kappa shape index (κ2) is 31.2. The quantitative estimate of drug-likeness (QED) is 0.0634. The van der Waals surface area contributed by atoms with Crippen molar-refractivity contribution in [3.63, 3.8) is 0 Å². The van der Waals surface area contributed by atoms with Crippen LogP contribution in [0.25, 0.3) is 0 Å². The maximum Gasteiger partial charge on any atom is 0.144 e. The molecule has 0 heterocycles. The average molecular weight is 1450 g/mol. The lowest BCUT2D eigenvalue weighted by Crippen LogP contribution is -2.40. The van der Waals surface area contributed by atoms with Gasteiger partial charge in [0.1, 0.15) is 22.4 Å². The zero-order chi connectivity index (χ0) is 80.4. The first-order valence-corrected chi connectivity index (χ1v) is 40.5. The van der Waals surface area contributed by atoms with Crippen molar-refractivity contribution in [2.45, 2.75) is 298 Å². The van der Waals surface area contributed by atoms with Gasteiger partial charge in [0.25, 0.3) is 0 Å². The smallest absolute Gasteiger partial charge is 0.144 e. The average Bonchev–Trinajstić information content (AvgIpc) is 0.696. The maximum atomic E-state index is 8.40. The Morgan fingerprint density at radius 2 is 0.278 bits per heavy atom. The van der Waals surface area contributed by atoms with Crippen LogP contribution in [0.2, 0.25) is 0 Å². The van der Waals surface area contributed by atoms with Gasteiger partial charge in [-0.2, -0.15) is 0 Å². The van der Waals surface area contributed by atoms with Crippen LogP contribution in [0.5, 0.6) is 0 Å². The molecule has 0 saturated carbocycles. The molecule has 9 rings (SSSR count). The Kier molecular flexibility index (Phi) is 24.5. The van der Waals surface area contributed by atoms with Crippen molar-refractivity contribution < 1.29 is 18.9 Å². The van der Waals surface area contributed by atoms with E-state index in [4.69, 9.17) is 18.9 Å². The van der Waals surface area contributed by atoms with Crippen molar-refractivity contribution in [1.82, 2.24) is 0 Å². The van der Waals surface area contributed by atoms with E-state index >= 15 is 0 Å². The molecule has 0 atom stereocenters. The second-order valence-electron chi connectivity index (χ2n) is 39.5. The van der Waals surface area contributed by atoms with Crippen LogP contribution in [0.3, 0.4) is 0 Å². The fourth-order valence-electron chi connectivity index (χ4n) is 17.1. The Balaban J connectivity index is 1.65. The molecule has 0 aliphatic heterocycles. The predicted molar refractivity (Wildman–Crippen MR) is 462 cm³/mol. The van der Waals surface area contributed by atoms with Crippen LogP contribution in [-0.4, -0.2) is 28.4 Å². The summed E-state index contributed by atoms with van der Waals surface area (Å²) in [6, 6.07) is 71.4. The fraction of sp³-hybridized carbons (Fsp3) is 0.481. The zero-order valence-electron chi connectivity index (χ0n) is 73.4. The molecule has 0 unspecified atom stereocenters. The molecule has 0 aliphatic carbocycles. The third-order valence-electron chi connectivity index (χ3n) is 23.8. The van der Waals surface area contributed by atoms with Crippen molar-refractivity contribution in [1.29, 1.82) is 0 Å². The molecule has 9 aromatic rings. The number of hydrogen-bond donors (Lipinski definition) is 0. The van der Waals surface area contributed by atoms with E-state index in [1.807, 2.05) is 28.4 Å². The minimum absolute atomic E-state index is 0.00886. The lowest BCUT2D eigenvalue weighted by molar-refractivity contribution is 0.0461. The van der Waals surface area contributed by atoms with Crippen molar-refractivity contribution in [2.24, 2.45) is 0 Å². The van der Waals surface area contributed by atoms with Crippen molar-refractivity contribution in [2.75, 3.05) is 28.4 Å². The third kappa shape index (κ3) is 15.8. The molecular formula is C104H138O4. The lowest BCUT2D eigenvalue weighted by Gasteiger charge is -2.45. The molecule has 108 heavy (non-hydrogen) atoms. The topological polar surface area (TPSA) is 36.9 Å². The maximum absolute atomic E-state index is 8.40. The monoisotopic (exact) mass is 1450 g/mol. The van der Waals surface area contributed by atoms with Crippen LogP contribution in [0, 0.1) is 0 Å². The van der Waals surface area contributed by atoms with Gasteiger partial charge in [-0.05, 0) is 220 Å². The van der Waals surface area contributed by atoms with E-state index in [0.717, 1.165) is 66.8 Å². The highest BCUT2D eigenvalue weighted by Crippen LogP contribution is 2.57. The molecular weight excluding hydrogens is 1310 g/mol. The van der Waals surface area contributed by atoms with E-state index in [1.165, 1.54) is 66.8 Å². The van der Waals surface area contributed by atoms with Gasteiger partial charge in [-0.1, -0.05) is 372 Å². The molecule has 0 saturated heterocycles. The minimum Gasteiger partial charge on any atom is -0.364 e. The Bertz CT molecular complexity index is 3910. The molecule has 0 N–H and O–H groups in total. The van der Waals surface area contributed by atoms with Crippen molar-refractivity contribution >= 4 is 0 Å². The Morgan fingerprint density at radius 3 is 0.380 bits per heavy atom. The normalized spacial score (nSPS) is 13.6. The highest BCUT2D eigenvalue weighted by atomic mass is 16.5. The van der Waals surface area contributed by atoms with E-state index in [-0.39, 0.29) is 68.0 Å². The van der Waals surface area contributed by atoms with E-state index in [9.17, 15) is 0 Å².